The number of sulfone groups is 1. The fourth-order valence-electron chi connectivity index (χ4n) is 1.53. The minimum Gasteiger partial charge on any atom is -0.464 e. The molecule has 1 aromatic carbocycles. The molecule has 0 aromatic heterocycles. The lowest BCUT2D eigenvalue weighted by atomic mass is 9.92. The monoisotopic (exact) mass is 287 g/mol. The van der Waals surface area contributed by atoms with Crippen molar-refractivity contribution in [2.75, 3.05) is 19.5 Å². The van der Waals surface area contributed by atoms with E-state index in [9.17, 15) is 18.3 Å². The first kappa shape index (κ1) is 15.6. The van der Waals surface area contributed by atoms with Crippen LogP contribution in [0.15, 0.2) is 29.2 Å². The summed E-state index contributed by atoms with van der Waals surface area (Å²) in [4.78, 5) is 11.9. The lowest BCUT2D eigenvalue weighted by molar-refractivity contribution is -0.151. The number of aliphatic hydroxyl groups is 1. The van der Waals surface area contributed by atoms with Crippen LogP contribution in [0.4, 0.5) is 0 Å². The van der Waals surface area contributed by atoms with Gasteiger partial charge >= 0.3 is 5.97 Å². The van der Waals surface area contributed by atoms with Crippen molar-refractivity contribution in [3.8, 4) is 0 Å². The number of rotatable bonds is 5. The second-order valence-corrected chi connectivity index (χ2v) is 6.16. The van der Waals surface area contributed by atoms with E-state index < -0.39 is 28.0 Å². The van der Waals surface area contributed by atoms with E-state index in [-0.39, 0.29) is 11.5 Å². The molecule has 0 radical (unpaired) electrons. The summed E-state index contributed by atoms with van der Waals surface area (Å²) in [6.45, 7) is 1.13. The van der Waals surface area contributed by atoms with E-state index in [1.54, 1.807) is 6.92 Å². The van der Waals surface area contributed by atoms with Crippen molar-refractivity contribution in [1.29, 1.82) is 0 Å². The fraction of sp³-hybridized carbons (Fsp3) is 0.417. The van der Waals surface area contributed by atoms with Crippen LogP contribution in [0.1, 0.15) is 12.5 Å². The highest BCUT2D eigenvalue weighted by atomic mass is 32.2. The molecule has 0 spiro atoms. The molecule has 106 valence electrons. The van der Waals surface area contributed by atoms with Gasteiger partial charge in [-0.05, 0) is 24.6 Å². The predicted molar refractivity (Wildman–Crippen MR) is 69.1 cm³/mol. The molecule has 0 aliphatic heterocycles. The predicted octanol–water partition coefficient (Wildman–Crippen LogP) is -0.200. The highest BCUT2D eigenvalue weighted by molar-refractivity contribution is 7.90. The second-order valence-electron chi connectivity index (χ2n) is 4.15. The number of benzene rings is 1. The van der Waals surface area contributed by atoms with Gasteiger partial charge < -0.3 is 15.6 Å². The molecule has 7 heteroatoms. The third-order valence-corrected chi connectivity index (χ3v) is 3.82. The van der Waals surface area contributed by atoms with Gasteiger partial charge in [-0.1, -0.05) is 12.1 Å². The molecule has 0 bridgehead atoms. The van der Waals surface area contributed by atoms with Crippen molar-refractivity contribution >= 4 is 15.8 Å². The Morgan fingerprint density at radius 1 is 1.37 bits per heavy atom. The summed E-state index contributed by atoms with van der Waals surface area (Å²) in [5.74, 6) is -0.760. The zero-order chi connectivity index (χ0) is 14.7. The standard InChI is InChI=1S/C12H17NO5S/c1-3-18-11(15)12(13,8-14)9-4-6-10(7-5-9)19(2,16)17/h4-7,14H,3,8,13H2,1-2H3. The lowest BCUT2D eigenvalue weighted by Crippen LogP contribution is -2.49. The van der Waals surface area contributed by atoms with E-state index in [2.05, 4.69) is 0 Å². The number of carbonyl (C=O) groups is 1. The van der Waals surface area contributed by atoms with Crippen LogP contribution in [-0.4, -0.2) is 39.0 Å². The van der Waals surface area contributed by atoms with Gasteiger partial charge in [0.2, 0.25) is 0 Å². The van der Waals surface area contributed by atoms with Gasteiger partial charge in [0.15, 0.2) is 15.4 Å². The maximum atomic E-state index is 11.8. The first-order valence-electron chi connectivity index (χ1n) is 5.63. The van der Waals surface area contributed by atoms with Gasteiger partial charge in [0, 0.05) is 6.26 Å². The average molecular weight is 287 g/mol. The first-order chi connectivity index (χ1) is 8.75. The average Bonchev–Trinajstić information content (AvgIpc) is 2.37. The van der Waals surface area contributed by atoms with Gasteiger partial charge in [0.1, 0.15) is 0 Å². The fourth-order valence-corrected chi connectivity index (χ4v) is 2.16. The van der Waals surface area contributed by atoms with Gasteiger partial charge in [-0.3, -0.25) is 0 Å². The Kier molecular flexibility index (Phi) is 4.67. The second kappa shape index (κ2) is 5.68. The molecule has 1 rings (SSSR count). The van der Waals surface area contributed by atoms with E-state index in [0.717, 1.165) is 6.26 Å². The molecule has 0 amide bonds. The number of hydrogen-bond donors (Lipinski definition) is 2. The molecule has 0 saturated carbocycles. The number of esters is 1. The van der Waals surface area contributed by atoms with Gasteiger partial charge in [-0.15, -0.1) is 0 Å². The van der Waals surface area contributed by atoms with E-state index in [4.69, 9.17) is 10.5 Å². The first-order valence-corrected chi connectivity index (χ1v) is 7.52. The molecule has 0 aliphatic rings. The zero-order valence-electron chi connectivity index (χ0n) is 10.8. The van der Waals surface area contributed by atoms with E-state index in [0.29, 0.717) is 5.56 Å². The molecule has 0 saturated heterocycles. The minimum atomic E-state index is -3.32. The third kappa shape index (κ3) is 3.31. The summed E-state index contributed by atoms with van der Waals surface area (Å²) in [6, 6.07) is 5.45. The summed E-state index contributed by atoms with van der Waals surface area (Å²) in [6.07, 6.45) is 1.08. The number of ether oxygens (including phenoxy) is 1. The Hall–Kier alpha value is -1.44. The van der Waals surface area contributed by atoms with Crippen molar-refractivity contribution in [1.82, 2.24) is 0 Å². The summed E-state index contributed by atoms with van der Waals surface area (Å²) in [5, 5.41) is 9.32. The van der Waals surface area contributed by atoms with Crippen LogP contribution in [0.3, 0.4) is 0 Å². The summed E-state index contributed by atoms with van der Waals surface area (Å²) < 4.78 is 27.5. The highest BCUT2D eigenvalue weighted by Gasteiger charge is 2.37. The maximum Gasteiger partial charge on any atom is 0.333 e. The van der Waals surface area contributed by atoms with Gasteiger partial charge in [0.05, 0.1) is 18.1 Å². The van der Waals surface area contributed by atoms with Crippen molar-refractivity contribution in [3.05, 3.63) is 29.8 Å². The molecule has 1 atom stereocenters. The number of hydrogen-bond acceptors (Lipinski definition) is 6. The van der Waals surface area contributed by atoms with E-state index in [1.807, 2.05) is 0 Å². The van der Waals surface area contributed by atoms with Crippen molar-refractivity contribution < 1.29 is 23.1 Å². The van der Waals surface area contributed by atoms with E-state index in [1.165, 1.54) is 24.3 Å². The lowest BCUT2D eigenvalue weighted by Gasteiger charge is -2.25. The summed E-state index contributed by atoms with van der Waals surface area (Å²) >= 11 is 0. The Labute approximate surface area is 112 Å². The van der Waals surface area contributed by atoms with Crippen LogP contribution in [0.25, 0.3) is 0 Å². The van der Waals surface area contributed by atoms with Crippen molar-refractivity contribution in [2.45, 2.75) is 17.4 Å². The normalized spacial score (nSPS) is 14.7. The van der Waals surface area contributed by atoms with Gasteiger partial charge in [-0.25, -0.2) is 13.2 Å². The minimum absolute atomic E-state index is 0.111. The van der Waals surface area contributed by atoms with Crippen LogP contribution >= 0.6 is 0 Å². The molecular formula is C12H17NO5S. The molecule has 19 heavy (non-hydrogen) atoms. The van der Waals surface area contributed by atoms with Crippen molar-refractivity contribution in [3.63, 3.8) is 0 Å². The Morgan fingerprint density at radius 2 is 1.89 bits per heavy atom. The van der Waals surface area contributed by atoms with Crippen LogP contribution in [0.5, 0.6) is 0 Å². The SMILES string of the molecule is CCOC(=O)C(N)(CO)c1ccc(S(C)(=O)=O)cc1. The Morgan fingerprint density at radius 3 is 2.26 bits per heavy atom. The van der Waals surface area contributed by atoms with Crippen molar-refractivity contribution in [2.24, 2.45) is 5.73 Å². The molecule has 6 nitrogen and oxygen atoms in total. The van der Waals surface area contributed by atoms with Gasteiger partial charge in [0.25, 0.3) is 0 Å². The summed E-state index contributed by atoms with van der Waals surface area (Å²) in [5.41, 5.74) is 4.44. The molecule has 3 N–H and O–H groups in total. The zero-order valence-corrected chi connectivity index (χ0v) is 11.6. The van der Waals surface area contributed by atoms with Crippen LogP contribution < -0.4 is 5.73 Å². The smallest absolute Gasteiger partial charge is 0.333 e. The molecule has 0 aliphatic carbocycles. The number of carbonyl (C=O) groups excluding carboxylic acids is 1. The summed E-state index contributed by atoms with van der Waals surface area (Å²) in [7, 11) is -3.32. The topological polar surface area (TPSA) is 107 Å². The largest absolute Gasteiger partial charge is 0.464 e. The molecular weight excluding hydrogens is 270 g/mol. The number of nitrogens with two attached hydrogens (primary N) is 1. The molecule has 0 heterocycles. The van der Waals surface area contributed by atoms with Crippen LogP contribution in [-0.2, 0) is 24.9 Å². The Balaban J connectivity index is 3.17. The van der Waals surface area contributed by atoms with Gasteiger partial charge in [-0.2, -0.15) is 0 Å². The highest BCUT2D eigenvalue weighted by Crippen LogP contribution is 2.21. The maximum absolute atomic E-state index is 11.8. The van der Waals surface area contributed by atoms with E-state index >= 15 is 0 Å². The number of aliphatic hydroxyl groups excluding tert-OH is 1. The van der Waals surface area contributed by atoms with Crippen LogP contribution in [0, 0.1) is 0 Å². The molecule has 1 unspecified atom stereocenters. The Bertz CT molecular complexity index is 552. The third-order valence-electron chi connectivity index (χ3n) is 2.69. The quantitative estimate of drug-likeness (QED) is 0.726. The van der Waals surface area contributed by atoms with Crippen LogP contribution in [0.2, 0.25) is 0 Å². The molecule has 1 aromatic rings. The molecule has 0 fully saturated rings.